The molecule has 3 heterocycles. The molecule has 30 heavy (non-hydrogen) atoms. The van der Waals surface area contributed by atoms with Gasteiger partial charge in [0.1, 0.15) is 0 Å². The highest BCUT2D eigenvalue weighted by molar-refractivity contribution is 7.16. The summed E-state index contributed by atoms with van der Waals surface area (Å²) in [5.74, 6) is 0.204. The van der Waals surface area contributed by atoms with Crippen molar-refractivity contribution in [2.45, 2.75) is 32.2 Å². The lowest BCUT2D eigenvalue weighted by Gasteiger charge is -2.41. The zero-order valence-electron chi connectivity index (χ0n) is 17.0. The Kier molecular flexibility index (Phi) is 4.80. The van der Waals surface area contributed by atoms with Crippen molar-refractivity contribution in [1.82, 2.24) is 9.88 Å². The number of amides is 1. The van der Waals surface area contributed by atoms with Crippen LogP contribution in [0.3, 0.4) is 0 Å². The number of nitriles is 1. The van der Waals surface area contributed by atoms with Crippen LogP contribution in [0.15, 0.2) is 48.0 Å². The Morgan fingerprint density at radius 2 is 1.93 bits per heavy atom. The number of rotatable bonds is 3. The molecule has 0 radical (unpaired) electrons. The van der Waals surface area contributed by atoms with Crippen LogP contribution in [0.2, 0.25) is 0 Å². The fourth-order valence-electron chi connectivity index (χ4n) is 4.91. The predicted molar refractivity (Wildman–Crippen MR) is 119 cm³/mol. The van der Waals surface area contributed by atoms with Gasteiger partial charge in [0.15, 0.2) is 0 Å². The molecule has 1 spiro atoms. The molecule has 1 aromatic heterocycles. The van der Waals surface area contributed by atoms with Crippen molar-refractivity contribution in [2.24, 2.45) is 5.41 Å². The average Bonchev–Trinajstić information content (AvgIpc) is 3.37. The molecule has 5 rings (SSSR count). The summed E-state index contributed by atoms with van der Waals surface area (Å²) < 4.78 is 1.23. The van der Waals surface area contributed by atoms with Gasteiger partial charge in [-0.25, -0.2) is 4.98 Å². The molecule has 0 unspecified atom stereocenters. The van der Waals surface area contributed by atoms with E-state index in [0.717, 1.165) is 43.7 Å². The Balaban J connectivity index is 1.26. The second-order valence-corrected chi connectivity index (χ2v) is 9.49. The quantitative estimate of drug-likeness (QED) is 0.618. The molecule has 5 nitrogen and oxygen atoms in total. The van der Waals surface area contributed by atoms with Gasteiger partial charge in [0, 0.05) is 24.7 Å². The molecule has 0 aliphatic carbocycles. The van der Waals surface area contributed by atoms with Crippen molar-refractivity contribution in [1.29, 1.82) is 5.26 Å². The van der Waals surface area contributed by atoms with Crippen LogP contribution >= 0.6 is 11.3 Å². The highest BCUT2D eigenvalue weighted by Gasteiger charge is 2.45. The number of carbonyl (C=O) groups excluding carboxylic acids is 1. The molecule has 0 bridgehead atoms. The number of anilines is 1. The normalized spacial score (nSPS) is 20.0. The van der Waals surface area contributed by atoms with Gasteiger partial charge in [-0.15, -0.1) is 11.3 Å². The Labute approximate surface area is 180 Å². The SMILES string of the molecule is C[C@@H](c1ccc2scnc2c1)N1CCC2(CC1)CC(=O)N(c1ccc(C#N)cc1)C2. The number of likely N-dealkylation sites (tertiary alicyclic amines) is 1. The molecule has 2 aliphatic heterocycles. The monoisotopic (exact) mass is 416 g/mol. The Morgan fingerprint density at radius 1 is 1.17 bits per heavy atom. The van der Waals surface area contributed by atoms with E-state index in [1.807, 2.05) is 22.5 Å². The van der Waals surface area contributed by atoms with E-state index in [2.05, 4.69) is 41.1 Å². The molecule has 0 saturated carbocycles. The molecular formula is C24H24N4OS. The fraction of sp³-hybridized carbons (Fsp3) is 0.375. The summed E-state index contributed by atoms with van der Waals surface area (Å²) >= 11 is 1.68. The lowest BCUT2D eigenvalue weighted by molar-refractivity contribution is -0.118. The van der Waals surface area contributed by atoms with E-state index in [0.29, 0.717) is 18.0 Å². The van der Waals surface area contributed by atoms with E-state index in [-0.39, 0.29) is 11.3 Å². The minimum absolute atomic E-state index is 0.0695. The third-order valence-corrected chi connectivity index (χ3v) is 7.68. The van der Waals surface area contributed by atoms with Crippen LogP contribution in [0.25, 0.3) is 10.2 Å². The number of aromatic nitrogens is 1. The summed E-state index contributed by atoms with van der Waals surface area (Å²) in [5.41, 5.74) is 5.89. The predicted octanol–water partition coefficient (Wildman–Crippen LogP) is 4.75. The van der Waals surface area contributed by atoms with Crippen LogP contribution in [0.5, 0.6) is 0 Å². The molecule has 2 saturated heterocycles. The van der Waals surface area contributed by atoms with Crippen molar-refractivity contribution in [2.75, 3.05) is 24.5 Å². The van der Waals surface area contributed by atoms with Crippen molar-refractivity contribution in [3.8, 4) is 6.07 Å². The average molecular weight is 417 g/mol. The third-order valence-electron chi connectivity index (χ3n) is 6.87. The first kappa shape index (κ1) is 19.2. The highest BCUT2D eigenvalue weighted by atomic mass is 32.1. The second-order valence-electron chi connectivity index (χ2n) is 8.61. The summed E-state index contributed by atoms with van der Waals surface area (Å²) in [6.45, 7) is 5.06. The smallest absolute Gasteiger partial charge is 0.227 e. The minimum atomic E-state index is 0.0695. The first-order chi connectivity index (χ1) is 14.6. The van der Waals surface area contributed by atoms with Crippen molar-refractivity contribution >= 4 is 33.1 Å². The van der Waals surface area contributed by atoms with E-state index < -0.39 is 0 Å². The summed E-state index contributed by atoms with van der Waals surface area (Å²) in [4.78, 5) is 21.7. The topological polar surface area (TPSA) is 60.2 Å². The van der Waals surface area contributed by atoms with Gasteiger partial charge in [0.05, 0.1) is 27.4 Å². The molecule has 0 N–H and O–H groups in total. The molecule has 6 heteroatoms. The Morgan fingerprint density at radius 3 is 2.67 bits per heavy atom. The number of nitrogens with zero attached hydrogens (tertiary/aromatic N) is 4. The first-order valence-electron chi connectivity index (χ1n) is 10.4. The van der Waals surface area contributed by atoms with Gasteiger partial charge >= 0.3 is 0 Å². The number of piperidine rings is 1. The standard InChI is InChI=1S/C24H24N4OS/c1-17(19-4-7-22-21(12-19)26-16-30-22)27-10-8-24(9-11-27)13-23(29)28(15-24)20-5-2-18(14-25)3-6-20/h2-7,12,16-17H,8-11,13,15H2,1H3/t17-/m0/s1. The zero-order valence-corrected chi connectivity index (χ0v) is 17.9. The molecular weight excluding hydrogens is 392 g/mol. The van der Waals surface area contributed by atoms with Gasteiger partial charge in [-0.05, 0) is 80.2 Å². The van der Waals surface area contributed by atoms with E-state index in [1.165, 1.54) is 10.3 Å². The number of fused-ring (bicyclic) bond motifs is 1. The molecule has 2 aliphatic rings. The van der Waals surface area contributed by atoms with Crippen LogP contribution in [-0.4, -0.2) is 35.4 Å². The van der Waals surface area contributed by atoms with Gasteiger partial charge in [-0.3, -0.25) is 9.69 Å². The third kappa shape index (κ3) is 3.38. The number of benzene rings is 2. The van der Waals surface area contributed by atoms with Crippen LogP contribution < -0.4 is 4.90 Å². The van der Waals surface area contributed by atoms with E-state index >= 15 is 0 Å². The van der Waals surface area contributed by atoms with Crippen molar-refractivity contribution in [3.05, 3.63) is 59.1 Å². The van der Waals surface area contributed by atoms with Gasteiger partial charge in [0.2, 0.25) is 5.91 Å². The maximum atomic E-state index is 12.8. The van der Waals surface area contributed by atoms with Gasteiger partial charge in [0.25, 0.3) is 0 Å². The molecule has 1 amide bonds. The van der Waals surface area contributed by atoms with Crippen molar-refractivity contribution < 1.29 is 4.79 Å². The summed E-state index contributed by atoms with van der Waals surface area (Å²) in [7, 11) is 0. The first-order valence-corrected chi connectivity index (χ1v) is 11.3. The molecule has 2 aromatic carbocycles. The summed E-state index contributed by atoms with van der Waals surface area (Å²) in [6.07, 6.45) is 2.70. The van der Waals surface area contributed by atoms with E-state index in [9.17, 15) is 4.79 Å². The number of hydrogen-bond acceptors (Lipinski definition) is 5. The maximum absolute atomic E-state index is 12.8. The number of hydrogen-bond donors (Lipinski definition) is 0. The highest BCUT2D eigenvalue weighted by Crippen LogP contribution is 2.44. The minimum Gasteiger partial charge on any atom is -0.312 e. The van der Waals surface area contributed by atoms with Gasteiger partial charge in [-0.2, -0.15) is 5.26 Å². The van der Waals surface area contributed by atoms with Gasteiger partial charge < -0.3 is 4.90 Å². The van der Waals surface area contributed by atoms with E-state index in [4.69, 9.17) is 5.26 Å². The summed E-state index contributed by atoms with van der Waals surface area (Å²) in [5, 5.41) is 9.00. The molecule has 3 aromatic rings. The maximum Gasteiger partial charge on any atom is 0.227 e. The Hall–Kier alpha value is -2.75. The van der Waals surface area contributed by atoms with Crippen LogP contribution in [-0.2, 0) is 4.79 Å². The zero-order chi connectivity index (χ0) is 20.7. The summed E-state index contributed by atoms with van der Waals surface area (Å²) in [6, 6.07) is 16.5. The Bertz CT molecular complexity index is 1120. The fourth-order valence-corrected chi connectivity index (χ4v) is 5.57. The number of carbonyl (C=O) groups is 1. The molecule has 1 atom stereocenters. The van der Waals surface area contributed by atoms with Crippen molar-refractivity contribution in [3.63, 3.8) is 0 Å². The van der Waals surface area contributed by atoms with Crippen LogP contribution in [0.1, 0.15) is 43.4 Å². The van der Waals surface area contributed by atoms with Crippen LogP contribution in [0.4, 0.5) is 5.69 Å². The second kappa shape index (κ2) is 7.50. The van der Waals surface area contributed by atoms with Gasteiger partial charge in [-0.1, -0.05) is 6.07 Å². The largest absolute Gasteiger partial charge is 0.312 e. The number of thiazole rings is 1. The molecule has 152 valence electrons. The molecule has 2 fully saturated rings. The lowest BCUT2D eigenvalue weighted by atomic mass is 9.77. The van der Waals surface area contributed by atoms with E-state index in [1.54, 1.807) is 23.5 Å². The lowest BCUT2D eigenvalue weighted by Crippen LogP contribution is -2.42. The van der Waals surface area contributed by atoms with Crippen LogP contribution in [0, 0.1) is 16.7 Å².